The molecule has 1 saturated carbocycles. The van der Waals surface area contributed by atoms with E-state index < -0.39 is 0 Å². The standard InChI is InChI=1S/C17H21N3OS2/c21-15(20-8-3-5-12-4-1-2-6-14(12)20)10-23-17-13-7-9-22-16(13)18-11-19-17/h7,9,11-12,14H,1-6,8,10H2/t12-,14-/m0/s1. The van der Waals surface area contributed by atoms with Gasteiger partial charge in [0, 0.05) is 18.0 Å². The van der Waals surface area contributed by atoms with Gasteiger partial charge in [0.2, 0.25) is 5.91 Å². The van der Waals surface area contributed by atoms with Gasteiger partial charge in [0.05, 0.1) is 5.75 Å². The van der Waals surface area contributed by atoms with E-state index in [0.29, 0.717) is 11.8 Å². The monoisotopic (exact) mass is 347 g/mol. The van der Waals surface area contributed by atoms with Gasteiger partial charge in [-0.1, -0.05) is 24.6 Å². The first-order valence-electron chi connectivity index (χ1n) is 8.43. The Labute approximate surface area is 144 Å². The van der Waals surface area contributed by atoms with Crippen molar-refractivity contribution in [3.63, 3.8) is 0 Å². The van der Waals surface area contributed by atoms with Crippen LogP contribution in [-0.2, 0) is 4.79 Å². The van der Waals surface area contributed by atoms with E-state index in [9.17, 15) is 4.79 Å². The second-order valence-electron chi connectivity index (χ2n) is 6.45. The van der Waals surface area contributed by atoms with E-state index in [2.05, 4.69) is 14.9 Å². The average molecular weight is 348 g/mol. The van der Waals surface area contributed by atoms with Crippen LogP contribution >= 0.6 is 23.1 Å². The van der Waals surface area contributed by atoms with E-state index in [-0.39, 0.29) is 5.91 Å². The summed E-state index contributed by atoms with van der Waals surface area (Å²) in [5.74, 6) is 1.52. The molecule has 23 heavy (non-hydrogen) atoms. The van der Waals surface area contributed by atoms with E-state index in [4.69, 9.17) is 0 Å². The van der Waals surface area contributed by atoms with Crippen LogP contribution in [0, 0.1) is 5.92 Å². The van der Waals surface area contributed by atoms with Crippen LogP contribution in [0.1, 0.15) is 38.5 Å². The van der Waals surface area contributed by atoms with Crippen molar-refractivity contribution in [2.45, 2.75) is 49.6 Å². The molecule has 1 saturated heterocycles. The van der Waals surface area contributed by atoms with Crippen molar-refractivity contribution >= 4 is 39.2 Å². The summed E-state index contributed by atoms with van der Waals surface area (Å²) in [7, 11) is 0. The number of aromatic nitrogens is 2. The van der Waals surface area contributed by atoms with Crippen molar-refractivity contribution in [3.05, 3.63) is 17.8 Å². The van der Waals surface area contributed by atoms with Crippen LogP contribution in [0.3, 0.4) is 0 Å². The second kappa shape index (κ2) is 6.77. The highest BCUT2D eigenvalue weighted by Gasteiger charge is 2.35. The van der Waals surface area contributed by atoms with Gasteiger partial charge in [-0.25, -0.2) is 9.97 Å². The first-order valence-corrected chi connectivity index (χ1v) is 10.3. The molecule has 122 valence electrons. The summed E-state index contributed by atoms with van der Waals surface area (Å²) in [4.78, 5) is 24.6. The van der Waals surface area contributed by atoms with Crippen LogP contribution in [0.25, 0.3) is 10.2 Å². The van der Waals surface area contributed by atoms with E-state index in [1.807, 2.05) is 11.4 Å². The molecule has 4 nitrogen and oxygen atoms in total. The summed E-state index contributed by atoms with van der Waals surface area (Å²) in [6.07, 6.45) is 9.20. The minimum Gasteiger partial charge on any atom is -0.339 e. The molecule has 2 atom stereocenters. The number of hydrogen-bond donors (Lipinski definition) is 0. The van der Waals surface area contributed by atoms with E-state index >= 15 is 0 Å². The Morgan fingerprint density at radius 2 is 2.13 bits per heavy atom. The molecule has 1 aliphatic carbocycles. The minimum absolute atomic E-state index is 0.286. The smallest absolute Gasteiger partial charge is 0.233 e. The van der Waals surface area contributed by atoms with E-state index in [1.54, 1.807) is 29.4 Å². The number of piperidine rings is 1. The van der Waals surface area contributed by atoms with Gasteiger partial charge in [-0.15, -0.1) is 11.3 Å². The molecule has 2 aromatic rings. The second-order valence-corrected chi connectivity index (χ2v) is 8.31. The lowest BCUT2D eigenvalue weighted by molar-refractivity contribution is -0.134. The van der Waals surface area contributed by atoms with Crippen LogP contribution in [0.15, 0.2) is 22.8 Å². The van der Waals surface area contributed by atoms with Gasteiger partial charge in [-0.2, -0.15) is 0 Å². The maximum Gasteiger partial charge on any atom is 0.233 e. The van der Waals surface area contributed by atoms with Crippen LogP contribution in [-0.4, -0.2) is 39.1 Å². The first kappa shape index (κ1) is 15.4. The number of carbonyl (C=O) groups excluding carboxylic acids is 1. The lowest BCUT2D eigenvalue weighted by Crippen LogP contribution is -2.50. The first-order chi connectivity index (χ1) is 11.3. The Bertz CT molecular complexity index is 700. The quantitative estimate of drug-likeness (QED) is 0.623. The zero-order chi connectivity index (χ0) is 15.6. The lowest BCUT2D eigenvalue weighted by Gasteiger charge is -2.44. The Hall–Kier alpha value is -1.14. The fourth-order valence-corrected chi connectivity index (χ4v) is 5.69. The third-order valence-corrected chi connectivity index (χ3v) is 6.93. The van der Waals surface area contributed by atoms with Gasteiger partial charge >= 0.3 is 0 Å². The van der Waals surface area contributed by atoms with Crippen LogP contribution in [0.5, 0.6) is 0 Å². The van der Waals surface area contributed by atoms with Gasteiger partial charge in [0.1, 0.15) is 16.2 Å². The molecule has 2 fully saturated rings. The Morgan fingerprint density at radius 1 is 1.26 bits per heavy atom. The molecule has 4 rings (SSSR count). The highest BCUT2D eigenvalue weighted by molar-refractivity contribution is 8.00. The molecule has 0 aromatic carbocycles. The fourth-order valence-electron chi connectivity index (χ4n) is 4.03. The van der Waals surface area contributed by atoms with Crippen molar-refractivity contribution in [2.24, 2.45) is 5.92 Å². The average Bonchev–Trinajstić information content (AvgIpc) is 3.08. The maximum absolute atomic E-state index is 12.8. The van der Waals surface area contributed by atoms with Gasteiger partial charge in [-0.05, 0) is 43.0 Å². The highest BCUT2D eigenvalue weighted by atomic mass is 32.2. The van der Waals surface area contributed by atoms with Crippen LogP contribution in [0.4, 0.5) is 0 Å². The number of hydrogen-bond acceptors (Lipinski definition) is 5. The third kappa shape index (κ3) is 3.11. The number of amides is 1. The molecule has 0 spiro atoms. The Morgan fingerprint density at radius 3 is 3.09 bits per heavy atom. The lowest BCUT2D eigenvalue weighted by atomic mass is 9.78. The van der Waals surface area contributed by atoms with Gasteiger partial charge < -0.3 is 4.90 Å². The van der Waals surface area contributed by atoms with Crippen LogP contribution < -0.4 is 0 Å². The Kier molecular flexibility index (Phi) is 4.53. The molecule has 0 radical (unpaired) electrons. The fraction of sp³-hybridized carbons (Fsp3) is 0.588. The number of thioether (sulfide) groups is 1. The number of rotatable bonds is 3. The largest absolute Gasteiger partial charge is 0.339 e. The predicted octanol–water partition coefficient (Wildman–Crippen LogP) is 3.96. The Balaban J connectivity index is 1.44. The normalized spacial score (nSPS) is 24.6. The molecule has 1 aliphatic heterocycles. The van der Waals surface area contributed by atoms with Crippen molar-refractivity contribution in [1.82, 2.24) is 14.9 Å². The van der Waals surface area contributed by atoms with Crippen molar-refractivity contribution in [1.29, 1.82) is 0 Å². The van der Waals surface area contributed by atoms with Crippen molar-refractivity contribution in [2.75, 3.05) is 12.3 Å². The molecule has 2 aromatic heterocycles. The summed E-state index contributed by atoms with van der Waals surface area (Å²) < 4.78 is 0. The molecule has 6 heteroatoms. The molecular formula is C17H21N3OS2. The van der Waals surface area contributed by atoms with Gasteiger partial charge in [0.15, 0.2) is 0 Å². The molecule has 0 N–H and O–H groups in total. The number of thiophene rings is 1. The van der Waals surface area contributed by atoms with Gasteiger partial charge in [-0.3, -0.25) is 4.79 Å². The number of nitrogens with zero attached hydrogens (tertiary/aromatic N) is 3. The zero-order valence-corrected chi connectivity index (χ0v) is 14.7. The SMILES string of the molecule is O=C(CSc1ncnc2sccc12)N1CCC[C@@H]2CCCC[C@@H]21. The highest BCUT2D eigenvalue weighted by Crippen LogP contribution is 2.36. The maximum atomic E-state index is 12.8. The van der Waals surface area contributed by atoms with Crippen LogP contribution in [0.2, 0.25) is 0 Å². The summed E-state index contributed by atoms with van der Waals surface area (Å²) in [5, 5.41) is 4.04. The number of fused-ring (bicyclic) bond motifs is 2. The van der Waals surface area contributed by atoms with Crippen molar-refractivity contribution in [3.8, 4) is 0 Å². The minimum atomic E-state index is 0.286. The predicted molar refractivity (Wildman–Crippen MR) is 94.8 cm³/mol. The van der Waals surface area contributed by atoms with E-state index in [0.717, 1.165) is 27.7 Å². The zero-order valence-electron chi connectivity index (χ0n) is 13.1. The van der Waals surface area contributed by atoms with E-state index in [1.165, 1.54) is 38.5 Å². The number of carbonyl (C=O) groups is 1. The topological polar surface area (TPSA) is 46.1 Å². The summed E-state index contributed by atoms with van der Waals surface area (Å²) in [6, 6.07) is 2.54. The van der Waals surface area contributed by atoms with Crippen molar-refractivity contribution < 1.29 is 4.79 Å². The molecular weight excluding hydrogens is 326 g/mol. The summed E-state index contributed by atoms with van der Waals surface area (Å²) in [6.45, 7) is 0.943. The molecule has 1 amide bonds. The summed E-state index contributed by atoms with van der Waals surface area (Å²) >= 11 is 3.18. The summed E-state index contributed by atoms with van der Waals surface area (Å²) in [5.41, 5.74) is 0. The van der Waals surface area contributed by atoms with Gasteiger partial charge in [0.25, 0.3) is 0 Å². The molecule has 2 aliphatic rings. The molecule has 3 heterocycles. The third-order valence-electron chi connectivity index (χ3n) is 5.12. The molecule has 0 unspecified atom stereocenters. The number of likely N-dealkylation sites (tertiary alicyclic amines) is 1. The molecule has 0 bridgehead atoms.